The fraction of sp³-hybridized carbons (Fsp3) is 0.529. The molecule has 1 unspecified atom stereocenters. The molecule has 0 aliphatic carbocycles. The van der Waals surface area contributed by atoms with E-state index in [2.05, 4.69) is 5.32 Å². The van der Waals surface area contributed by atoms with Gasteiger partial charge >= 0.3 is 0 Å². The van der Waals surface area contributed by atoms with Crippen molar-refractivity contribution in [3.63, 3.8) is 0 Å². The van der Waals surface area contributed by atoms with E-state index in [1.54, 1.807) is 30.9 Å². The molecule has 2 rings (SSSR count). The number of piperidine rings is 1. The average Bonchev–Trinajstić information content (AvgIpc) is 2.45. The Morgan fingerprint density at radius 2 is 2.09 bits per heavy atom. The van der Waals surface area contributed by atoms with E-state index in [1.807, 2.05) is 0 Å². The lowest BCUT2D eigenvalue weighted by Gasteiger charge is -2.38. The third-order valence-corrected chi connectivity index (χ3v) is 4.49. The summed E-state index contributed by atoms with van der Waals surface area (Å²) in [5, 5.41) is 3.16. The first-order chi connectivity index (χ1) is 10.7. The molecule has 0 bridgehead atoms. The summed E-state index contributed by atoms with van der Waals surface area (Å²) in [6, 6.07) is 4.33. The van der Waals surface area contributed by atoms with Gasteiger partial charge in [0.1, 0.15) is 5.82 Å². The van der Waals surface area contributed by atoms with Crippen LogP contribution in [0, 0.1) is 5.82 Å². The molecule has 0 saturated carbocycles. The van der Waals surface area contributed by atoms with Gasteiger partial charge < -0.3 is 10.2 Å². The predicted molar refractivity (Wildman–Crippen MR) is 87.9 cm³/mol. The maximum atomic E-state index is 14.2. The van der Waals surface area contributed by atoms with Crippen LogP contribution in [0.3, 0.4) is 0 Å². The molecule has 1 fully saturated rings. The van der Waals surface area contributed by atoms with Crippen molar-refractivity contribution >= 4 is 23.4 Å². The highest BCUT2D eigenvalue weighted by Crippen LogP contribution is 2.30. The summed E-state index contributed by atoms with van der Waals surface area (Å²) in [7, 11) is 0. The van der Waals surface area contributed by atoms with E-state index in [4.69, 9.17) is 11.6 Å². The molecule has 23 heavy (non-hydrogen) atoms. The first-order valence-electron chi connectivity index (χ1n) is 7.74. The molecule has 6 heteroatoms. The van der Waals surface area contributed by atoms with Crippen LogP contribution < -0.4 is 5.32 Å². The lowest BCUT2D eigenvalue weighted by Crippen LogP contribution is -2.53. The van der Waals surface area contributed by atoms with Crippen molar-refractivity contribution in [1.29, 1.82) is 0 Å². The van der Waals surface area contributed by atoms with E-state index >= 15 is 0 Å². The fourth-order valence-corrected chi connectivity index (χ4v) is 3.23. The van der Waals surface area contributed by atoms with Crippen molar-refractivity contribution in [2.75, 3.05) is 13.1 Å². The summed E-state index contributed by atoms with van der Waals surface area (Å²) < 4.78 is 14.2. The van der Waals surface area contributed by atoms with Crippen LogP contribution in [0.25, 0.3) is 0 Å². The van der Waals surface area contributed by atoms with Crippen LogP contribution in [0.4, 0.5) is 4.39 Å². The van der Waals surface area contributed by atoms with Gasteiger partial charge in [0.05, 0.1) is 5.41 Å². The number of nitrogens with zero attached hydrogens (tertiary/aromatic N) is 1. The van der Waals surface area contributed by atoms with Gasteiger partial charge in [0, 0.05) is 36.6 Å². The Balaban J connectivity index is 2.18. The number of rotatable bonds is 3. The summed E-state index contributed by atoms with van der Waals surface area (Å²) in [6.07, 6.45) is 1.66. The number of amides is 2. The van der Waals surface area contributed by atoms with Gasteiger partial charge in [-0.25, -0.2) is 4.39 Å². The standard InChI is InChI=1S/C17H22ClFN2O2/c1-11(22)20-13-5-4-8-21(10-13)16(23)17(2,3)14-7-6-12(18)9-15(14)19/h6-7,9,13H,4-5,8,10H2,1-3H3,(H,20,22). The Kier molecular flexibility index (Phi) is 5.30. The summed E-state index contributed by atoms with van der Waals surface area (Å²) >= 11 is 5.79. The third kappa shape index (κ3) is 4.02. The quantitative estimate of drug-likeness (QED) is 0.919. The molecule has 1 aromatic carbocycles. The topological polar surface area (TPSA) is 49.4 Å². The number of benzene rings is 1. The maximum absolute atomic E-state index is 14.2. The van der Waals surface area contributed by atoms with Gasteiger partial charge in [0.25, 0.3) is 0 Å². The smallest absolute Gasteiger partial charge is 0.232 e. The van der Waals surface area contributed by atoms with Crippen molar-refractivity contribution in [3.05, 3.63) is 34.6 Å². The molecule has 1 saturated heterocycles. The van der Waals surface area contributed by atoms with Crippen LogP contribution in [0.15, 0.2) is 18.2 Å². The zero-order valence-corrected chi connectivity index (χ0v) is 14.4. The van der Waals surface area contributed by atoms with Crippen molar-refractivity contribution in [2.24, 2.45) is 0 Å². The minimum absolute atomic E-state index is 0.0453. The van der Waals surface area contributed by atoms with Gasteiger partial charge in [-0.3, -0.25) is 9.59 Å². The number of carbonyl (C=O) groups excluding carboxylic acids is 2. The molecule has 1 aliphatic heterocycles. The number of likely N-dealkylation sites (tertiary alicyclic amines) is 1. The van der Waals surface area contributed by atoms with E-state index in [0.29, 0.717) is 23.7 Å². The second-order valence-corrected chi connectivity index (χ2v) is 6.98. The number of hydrogen-bond acceptors (Lipinski definition) is 2. The number of carbonyl (C=O) groups is 2. The first-order valence-corrected chi connectivity index (χ1v) is 8.11. The highest BCUT2D eigenvalue weighted by atomic mass is 35.5. The SMILES string of the molecule is CC(=O)NC1CCCN(C(=O)C(C)(C)c2ccc(Cl)cc2F)C1. The van der Waals surface area contributed by atoms with E-state index in [1.165, 1.54) is 13.0 Å². The van der Waals surface area contributed by atoms with Crippen molar-refractivity contribution in [2.45, 2.75) is 45.1 Å². The van der Waals surface area contributed by atoms with Crippen molar-refractivity contribution in [3.8, 4) is 0 Å². The summed E-state index contributed by atoms with van der Waals surface area (Å²) in [6.45, 7) is 5.96. The van der Waals surface area contributed by atoms with Gasteiger partial charge in [-0.2, -0.15) is 0 Å². The van der Waals surface area contributed by atoms with E-state index < -0.39 is 11.2 Å². The maximum Gasteiger partial charge on any atom is 0.232 e. The van der Waals surface area contributed by atoms with E-state index in [-0.39, 0.29) is 17.9 Å². The fourth-order valence-electron chi connectivity index (χ4n) is 3.07. The zero-order chi connectivity index (χ0) is 17.2. The molecular weight excluding hydrogens is 319 g/mol. The Bertz CT molecular complexity index is 619. The van der Waals surface area contributed by atoms with Gasteiger partial charge in [-0.1, -0.05) is 17.7 Å². The average molecular weight is 341 g/mol. The molecule has 0 aromatic heterocycles. The summed E-state index contributed by atoms with van der Waals surface area (Å²) in [5.74, 6) is -0.729. The van der Waals surface area contributed by atoms with Gasteiger partial charge in [0.15, 0.2) is 0 Å². The molecule has 1 N–H and O–H groups in total. The van der Waals surface area contributed by atoms with Gasteiger partial charge in [-0.05, 0) is 38.8 Å². The van der Waals surface area contributed by atoms with E-state index in [0.717, 1.165) is 12.8 Å². The lowest BCUT2D eigenvalue weighted by molar-refractivity contribution is -0.138. The molecule has 1 aliphatic rings. The highest BCUT2D eigenvalue weighted by molar-refractivity contribution is 6.30. The van der Waals surface area contributed by atoms with Crippen LogP contribution in [-0.4, -0.2) is 35.8 Å². The van der Waals surface area contributed by atoms with Gasteiger partial charge in [-0.15, -0.1) is 0 Å². The summed E-state index contributed by atoms with van der Waals surface area (Å²) in [4.78, 5) is 25.8. The van der Waals surface area contributed by atoms with Crippen LogP contribution in [0.2, 0.25) is 5.02 Å². The minimum Gasteiger partial charge on any atom is -0.352 e. The molecule has 0 radical (unpaired) electrons. The molecule has 1 atom stereocenters. The molecule has 1 aromatic rings. The molecular formula is C17H22ClFN2O2. The third-order valence-electron chi connectivity index (χ3n) is 4.26. The van der Waals surface area contributed by atoms with Crippen LogP contribution in [0.1, 0.15) is 39.2 Å². The largest absolute Gasteiger partial charge is 0.352 e. The predicted octanol–water partition coefficient (Wildman–Crippen LogP) is 2.88. The van der Waals surface area contributed by atoms with Crippen molar-refractivity contribution < 1.29 is 14.0 Å². The van der Waals surface area contributed by atoms with Crippen molar-refractivity contribution in [1.82, 2.24) is 10.2 Å². The Labute approximate surface area is 141 Å². The minimum atomic E-state index is -0.993. The monoisotopic (exact) mass is 340 g/mol. The highest BCUT2D eigenvalue weighted by Gasteiger charge is 2.37. The Morgan fingerprint density at radius 1 is 1.39 bits per heavy atom. The van der Waals surface area contributed by atoms with Crippen LogP contribution in [-0.2, 0) is 15.0 Å². The van der Waals surface area contributed by atoms with E-state index in [9.17, 15) is 14.0 Å². The second kappa shape index (κ2) is 6.87. The molecule has 0 spiro atoms. The number of halogens is 2. The van der Waals surface area contributed by atoms with Crippen LogP contribution in [0.5, 0.6) is 0 Å². The Hall–Kier alpha value is -1.62. The zero-order valence-electron chi connectivity index (χ0n) is 13.7. The molecule has 4 nitrogen and oxygen atoms in total. The van der Waals surface area contributed by atoms with Crippen LogP contribution >= 0.6 is 11.6 Å². The normalized spacial score (nSPS) is 18.7. The first kappa shape index (κ1) is 17.7. The summed E-state index contributed by atoms with van der Waals surface area (Å²) in [5.41, 5.74) is -0.666. The molecule has 2 amide bonds. The number of nitrogens with one attached hydrogen (secondary N) is 1. The number of hydrogen-bond donors (Lipinski definition) is 1. The molecule has 126 valence electrons. The van der Waals surface area contributed by atoms with Gasteiger partial charge in [0.2, 0.25) is 11.8 Å². The second-order valence-electron chi connectivity index (χ2n) is 6.54. The lowest BCUT2D eigenvalue weighted by atomic mass is 9.82. The Morgan fingerprint density at radius 3 is 2.70 bits per heavy atom. The molecule has 1 heterocycles.